The van der Waals surface area contributed by atoms with E-state index in [0.29, 0.717) is 23.0 Å². The molecule has 2 aromatic carbocycles. The van der Waals surface area contributed by atoms with E-state index in [0.717, 1.165) is 30.9 Å². The molecule has 0 radical (unpaired) electrons. The molecule has 152 valence electrons. The van der Waals surface area contributed by atoms with Gasteiger partial charge in [0.25, 0.3) is 5.91 Å². The molecule has 1 N–H and O–H groups in total. The van der Waals surface area contributed by atoms with Gasteiger partial charge in [0.15, 0.2) is 0 Å². The van der Waals surface area contributed by atoms with Gasteiger partial charge in [0.1, 0.15) is 5.15 Å². The third kappa shape index (κ3) is 5.05. The maximum absolute atomic E-state index is 12.8. The molecule has 1 aromatic heterocycles. The van der Waals surface area contributed by atoms with Gasteiger partial charge in [-0.25, -0.2) is 4.68 Å². The first kappa shape index (κ1) is 21.1. The highest BCUT2D eigenvalue weighted by Gasteiger charge is 2.20. The average molecular weight is 411 g/mol. The van der Waals surface area contributed by atoms with Crippen molar-refractivity contribution in [1.29, 1.82) is 0 Å². The Kier molecular flexibility index (Phi) is 7.07. The summed E-state index contributed by atoms with van der Waals surface area (Å²) in [6.07, 6.45) is 0. The van der Waals surface area contributed by atoms with Crippen molar-refractivity contribution in [2.75, 3.05) is 13.1 Å². The number of carbonyl (C=O) groups is 1. The highest BCUT2D eigenvalue weighted by Crippen LogP contribution is 2.23. The zero-order valence-corrected chi connectivity index (χ0v) is 17.9. The number of hydrogen-bond acceptors (Lipinski definition) is 3. The van der Waals surface area contributed by atoms with E-state index in [9.17, 15) is 4.79 Å². The first-order valence-electron chi connectivity index (χ1n) is 9.92. The molecule has 29 heavy (non-hydrogen) atoms. The van der Waals surface area contributed by atoms with Crippen LogP contribution in [-0.4, -0.2) is 33.7 Å². The summed E-state index contributed by atoms with van der Waals surface area (Å²) < 4.78 is 1.59. The van der Waals surface area contributed by atoms with E-state index in [-0.39, 0.29) is 5.91 Å². The van der Waals surface area contributed by atoms with Crippen LogP contribution in [0, 0.1) is 6.92 Å². The minimum Gasteiger partial charge on any atom is -0.348 e. The lowest BCUT2D eigenvalue weighted by atomic mass is 10.1. The number of halogens is 1. The first-order valence-corrected chi connectivity index (χ1v) is 10.3. The van der Waals surface area contributed by atoms with Crippen molar-refractivity contribution < 1.29 is 4.79 Å². The highest BCUT2D eigenvalue weighted by molar-refractivity contribution is 6.33. The molecule has 0 saturated heterocycles. The second-order valence-corrected chi connectivity index (χ2v) is 7.32. The Bertz CT molecular complexity index is 964. The van der Waals surface area contributed by atoms with Crippen LogP contribution in [0.15, 0.2) is 54.6 Å². The molecular weight excluding hydrogens is 384 g/mol. The quantitative estimate of drug-likeness (QED) is 0.590. The third-order valence-corrected chi connectivity index (χ3v) is 5.33. The molecule has 3 aromatic rings. The minimum atomic E-state index is -0.219. The van der Waals surface area contributed by atoms with Crippen molar-refractivity contribution in [2.45, 2.75) is 33.9 Å². The highest BCUT2D eigenvalue weighted by atomic mass is 35.5. The molecule has 3 rings (SSSR count). The maximum atomic E-state index is 12.8. The number of nitrogens with one attached hydrogen (secondary N) is 1. The number of aryl methyl sites for hydroxylation is 1. The van der Waals surface area contributed by atoms with E-state index in [1.165, 1.54) is 5.56 Å². The van der Waals surface area contributed by atoms with E-state index < -0.39 is 0 Å². The van der Waals surface area contributed by atoms with Gasteiger partial charge in [-0.2, -0.15) is 5.10 Å². The van der Waals surface area contributed by atoms with Crippen molar-refractivity contribution in [2.24, 2.45) is 0 Å². The zero-order chi connectivity index (χ0) is 20.8. The van der Waals surface area contributed by atoms with Crippen LogP contribution in [0.2, 0.25) is 5.15 Å². The second kappa shape index (κ2) is 9.72. The normalized spacial score (nSPS) is 11.1. The number of carbonyl (C=O) groups excluding carboxylic acids is 1. The van der Waals surface area contributed by atoms with Gasteiger partial charge in [0.2, 0.25) is 0 Å². The predicted octanol–water partition coefficient (Wildman–Crippen LogP) is 4.61. The van der Waals surface area contributed by atoms with Crippen LogP contribution in [-0.2, 0) is 13.1 Å². The summed E-state index contributed by atoms with van der Waals surface area (Å²) in [6, 6.07) is 17.9. The molecule has 1 amide bonds. The topological polar surface area (TPSA) is 50.2 Å². The molecule has 0 fully saturated rings. The lowest BCUT2D eigenvalue weighted by molar-refractivity contribution is 0.0950. The van der Waals surface area contributed by atoms with Crippen molar-refractivity contribution in [1.82, 2.24) is 20.0 Å². The molecule has 5 nitrogen and oxygen atoms in total. The van der Waals surface area contributed by atoms with Gasteiger partial charge < -0.3 is 5.32 Å². The number of hydrogen-bond donors (Lipinski definition) is 1. The van der Waals surface area contributed by atoms with Crippen molar-refractivity contribution >= 4 is 17.5 Å². The SMILES string of the molecule is CCN(CC)Cc1cccc(CNC(=O)c2c(C)nn(-c3ccccc3)c2Cl)c1. The summed E-state index contributed by atoms with van der Waals surface area (Å²) in [5.74, 6) is -0.219. The van der Waals surface area contributed by atoms with Gasteiger partial charge in [0, 0.05) is 13.1 Å². The van der Waals surface area contributed by atoms with Crippen molar-refractivity contribution in [3.63, 3.8) is 0 Å². The molecule has 0 unspecified atom stereocenters. The number of nitrogens with zero attached hydrogens (tertiary/aromatic N) is 3. The molecule has 0 aliphatic heterocycles. The van der Waals surface area contributed by atoms with Crippen LogP contribution in [0.1, 0.15) is 41.0 Å². The van der Waals surface area contributed by atoms with E-state index in [1.807, 2.05) is 42.5 Å². The fourth-order valence-corrected chi connectivity index (χ4v) is 3.67. The molecule has 0 saturated carbocycles. The number of rotatable bonds is 8. The molecular formula is C23H27ClN4O. The molecule has 0 aliphatic rings. The van der Waals surface area contributed by atoms with Gasteiger partial charge in [-0.3, -0.25) is 9.69 Å². The van der Waals surface area contributed by atoms with Crippen LogP contribution in [0.4, 0.5) is 0 Å². The Morgan fingerprint density at radius 2 is 1.76 bits per heavy atom. The monoisotopic (exact) mass is 410 g/mol. The Hall–Kier alpha value is -2.63. The number of amides is 1. The molecule has 1 heterocycles. The van der Waals surface area contributed by atoms with Gasteiger partial charge in [-0.15, -0.1) is 0 Å². The Morgan fingerprint density at radius 1 is 1.07 bits per heavy atom. The summed E-state index contributed by atoms with van der Waals surface area (Å²) in [4.78, 5) is 15.2. The molecule has 0 aliphatic carbocycles. The smallest absolute Gasteiger partial charge is 0.256 e. The van der Waals surface area contributed by atoms with E-state index in [1.54, 1.807) is 11.6 Å². The maximum Gasteiger partial charge on any atom is 0.256 e. The van der Waals surface area contributed by atoms with Crippen LogP contribution in [0.25, 0.3) is 5.69 Å². The lowest BCUT2D eigenvalue weighted by Crippen LogP contribution is -2.24. The largest absolute Gasteiger partial charge is 0.348 e. The third-order valence-electron chi connectivity index (χ3n) is 4.98. The van der Waals surface area contributed by atoms with Gasteiger partial charge in [-0.05, 0) is 43.3 Å². The second-order valence-electron chi connectivity index (χ2n) is 6.96. The average Bonchev–Trinajstić information content (AvgIpc) is 3.05. The molecule has 6 heteroatoms. The Labute approximate surface area is 177 Å². The Morgan fingerprint density at radius 3 is 2.45 bits per heavy atom. The van der Waals surface area contributed by atoms with Gasteiger partial charge in [-0.1, -0.05) is 67.9 Å². The summed E-state index contributed by atoms with van der Waals surface area (Å²) in [7, 11) is 0. The minimum absolute atomic E-state index is 0.219. The number of para-hydroxylation sites is 1. The van der Waals surface area contributed by atoms with Crippen LogP contribution in [0.3, 0.4) is 0 Å². The lowest BCUT2D eigenvalue weighted by Gasteiger charge is -2.18. The van der Waals surface area contributed by atoms with Crippen LogP contribution in [0.5, 0.6) is 0 Å². The standard InChI is InChI=1S/C23H27ClN4O/c1-4-27(5-2)16-19-11-9-10-18(14-19)15-25-23(29)21-17(3)26-28(22(21)24)20-12-7-6-8-13-20/h6-14H,4-5,15-16H2,1-3H3,(H,25,29). The summed E-state index contributed by atoms with van der Waals surface area (Å²) in [5, 5.41) is 7.74. The Balaban J connectivity index is 1.71. The fraction of sp³-hybridized carbons (Fsp3) is 0.304. The van der Waals surface area contributed by atoms with E-state index >= 15 is 0 Å². The number of benzene rings is 2. The van der Waals surface area contributed by atoms with Crippen molar-refractivity contribution in [3.05, 3.63) is 82.1 Å². The summed E-state index contributed by atoms with van der Waals surface area (Å²) in [6.45, 7) is 9.50. The van der Waals surface area contributed by atoms with E-state index in [2.05, 4.69) is 41.3 Å². The molecule has 0 atom stereocenters. The molecule has 0 spiro atoms. The summed E-state index contributed by atoms with van der Waals surface area (Å²) in [5.41, 5.74) is 4.14. The van der Waals surface area contributed by atoms with Crippen LogP contribution >= 0.6 is 11.6 Å². The van der Waals surface area contributed by atoms with E-state index in [4.69, 9.17) is 11.6 Å². The first-order chi connectivity index (χ1) is 14.0. The van der Waals surface area contributed by atoms with Gasteiger partial charge in [0.05, 0.1) is 16.9 Å². The predicted molar refractivity (Wildman–Crippen MR) is 118 cm³/mol. The van der Waals surface area contributed by atoms with Crippen LogP contribution < -0.4 is 5.32 Å². The molecule has 0 bridgehead atoms. The fourth-order valence-electron chi connectivity index (χ4n) is 3.31. The van der Waals surface area contributed by atoms with Gasteiger partial charge >= 0.3 is 0 Å². The zero-order valence-electron chi connectivity index (χ0n) is 17.2. The summed E-state index contributed by atoms with van der Waals surface area (Å²) >= 11 is 6.49. The van der Waals surface area contributed by atoms with Crippen molar-refractivity contribution in [3.8, 4) is 5.69 Å². The number of aromatic nitrogens is 2.